The second kappa shape index (κ2) is 4.58. The Labute approximate surface area is 85.7 Å². The Morgan fingerprint density at radius 2 is 2.00 bits per heavy atom. The first-order valence-corrected chi connectivity index (χ1v) is 5.41. The summed E-state index contributed by atoms with van der Waals surface area (Å²) >= 11 is 0. The van der Waals surface area contributed by atoms with E-state index in [4.69, 9.17) is 0 Å². The first kappa shape index (κ1) is 9.69. The molecule has 0 bridgehead atoms. The van der Waals surface area contributed by atoms with Crippen molar-refractivity contribution in [3.05, 3.63) is 35.4 Å². The number of hydrogen-bond acceptors (Lipinski definition) is 2. The van der Waals surface area contributed by atoms with E-state index < -0.39 is 0 Å². The molecular formula is C12H18N2. The van der Waals surface area contributed by atoms with E-state index >= 15 is 0 Å². The SMILES string of the molecule is CCc1ccccc1CNC1CNC1. The van der Waals surface area contributed by atoms with Crippen molar-refractivity contribution in [1.29, 1.82) is 0 Å². The van der Waals surface area contributed by atoms with Gasteiger partial charge in [-0.1, -0.05) is 31.2 Å². The van der Waals surface area contributed by atoms with Gasteiger partial charge in [-0.2, -0.15) is 0 Å². The van der Waals surface area contributed by atoms with Crippen molar-refractivity contribution in [2.24, 2.45) is 0 Å². The standard InChI is InChI=1S/C12H18N2/c1-2-10-5-3-4-6-11(10)7-14-12-8-13-9-12/h3-6,12-14H,2,7-9H2,1H3. The fraction of sp³-hybridized carbons (Fsp3) is 0.500. The third kappa shape index (κ3) is 2.14. The van der Waals surface area contributed by atoms with Gasteiger partial charge in [0.2, 0.25) is 0 Å². The summed E-state index contributed by atoms with van der Waals surface area (Å²) in [6.07, 6.45) is 1.13. The lowest BCUT2D eigenvalue weighted by molar-refractivity contribution is 0.365. The molecule has 0 amide bonds. The minimum Gasteiger partial charge on any atom is -0.314 e. The third-order valence-corrected chi connectivity index (χ3v) is 2.86. The van der Waals surface area contributed by atoms with Crippen LogP contribution in [-0.2, 0) is 13.0 Å². The predicted octanol–water partition coefficient (Wildman–Crippen LogP) is 1.31. The number of aryl methyl sites for hydroxylation is 1. The van der Waals surface area contributed by atoms with Crippen LogP contribution in [0, 0.1) is 0 Å². The zero-order valence-corrected chi connectivity index (χ0v) is 8.72. The van der Waals surface area contributed by atoms with Gasteiger partial charge in [0.05, 0.1) is 0 Å². The minimum absolute atomic E-state index is 0.680. The van der Waals surface area contributed by atoms with E-state index in [2.05, 4.69) is 41.8 Å². The predicted molar refractivity (Wildman–Crippen MR) is 59.3 cm³/mol. The molecule has 1 aliphatic heterocycles. The number of benzene rings is 1. The summed E-state index contributed by atoms with van der Waals surface area (Å²) in [5.74, 6) is 0. The average Bonchev–Trinajstić information content (AvgIpc) is 2.16. The van der Waals surface area contributed by atoms with Crippen LogP contribution in [0.3, 0.4) is 0 Å². The molecule has 0 saturated carbocycles. The second-order valence-electron chi connectivity index (χ2n) is 3.86. The summed E-state index contributed by atoms with van der Waals surface area (Å²) in [5.41, 5.74) is 2.91. The van der Waals surface area contributed by atoms with E-state index in [-0.39, 0.29) is 0 Å². The molecule has 2 rings (SSSR count). The first-order valence-electron chi connectivity index (χ1n) is 5.41. The van der Waals surface area contributed by atoms with Crippen LogP contribution in [-0.4, -0.2) is 19.1 Å². The minimum atomic E-state index is 0.680. The largest absolute Gasteiger partial charge is 0.314 e. The highest BCUT2D eigenvalue weighted by molar-refractivity contribution is 5.26. The molecule has 1 aromatic rings. The van der Waals surface area contributed by atoms with Crippen molar-refractivity contribution in [2.45, 2.75) is 25.9 Å². The Balaban J connectivity index is 1.93. The van der Waals surface area contributed by atoms with Gasteiger partial charge in [0.1, 0.15) is 0 Å². The van der Waals surface area contributed by atoms with Gasteiger partial charge in [0.15, 0.2) is 0 Å². The molecule has 2 N–H and O–H groups in total. The van der Waals surface area contributed by atoms with Crippen LogP contribution in [0.1, 0.15) is 18.1 Å². The number of nitrogens with one attached hydrogen (secondary N) is 2. The van der Waals surface area contributed by atoms with Crippen molar-refractivity contribution in [1.82, 2.24) is 10.6 Å². The highest BCUT2D eigenvalue weighted by Gasteiger charge is 2.15. The number of hydrogen-bond donors (Lipinski definition) is 2. The van der Waals surface area contributed by atoms with E-state index in [9.17, 15) is 0 Å². The maximum absolute atomic E-state index is 3.55. The van der Waals surface area contributed by atoms with Gasteiger partial charge < -0.3 is 10.6 Å². The van der Waals surface area contributed by atoms with E-state index in [1.54, 1.807) is 0 Å². The Bertz CT molecular complexity index is 292. The Morgan fingerprint density at radius 3 is 2.57 bits per heavy atom. The molecule has 0 spiro atoms. The van der Waals surface area contributed by atoms with Crippen LogP contribution in [0.2, 0.25) is 0 Å². The molecule has 2 nitrogen and oxygen atoms in total. The molecule has 0 aromatic heterocycles. The zero-order chi connectivity index (χ0) is 9.80. The molecular weight excluding hydrogens is 172 g/mol. The van der Waals surface area contributed by atoms with Crippen LogP contribution in [0.15, 0.2) is 24.3 Å². The number of rotatable bonds is 4. The molecule has 1 aliphatic rings. The highest BCUT2D eigenvalue weighted by atomic mass is 15.1. The molecule has 14 heavy (non-hydrogen) atoms. The Morgan fingerprint density at radius 1 is 1.29 bits per heavy atom. The van der Waals surface area contributed by atoms with Gasteiger partial charge in [-0.3, -0.25) is 0 Å². The monoisotopic (exact) mass is 190 g/mol. The summed E-state index contributed by atoms with van der Waals surface area (Å²) < 4.78 is 0. The lowest BCUT2D eigenvalue weighted by Crippen LogP contribution is -2.55. The maximum Gasteiger partial charge on any atom is 0.0320 e. The molecule has 0 radical (unpaired) electrons. The molecule has 1 aromatic carbocycles. The van der Waals surface area contributed by atoms with Crippen LogP contribution < -0.4 is 10.6 Å². The molecule has 76 valence electrons. The van der Waals surface area contributed by atoms with Gasteiger partial charge in [-0.05, 0) is 17.5 Å². The van der Waals surface area contributed by atoms with Crippen molar-refractivity contribution < 1.29 is 0 Å². The summed E-state index contributed by atoms with van der Waals surface area (Å²) in [5, 5.41) is 6.81. The van der Waals surface area contributed by atoms with Crippen molar-refractivity contribution in [2.75, 3.05) is 13.1 Å². The van der Waals surface area contributed by atoms with Gasteiger partial charge in [0.25, 0.3) is 0 Å². The molecule has 0 aliphatic carbocycles. The summed E-state index contributed by atoms with van der Waals surface area (Å²) in [6, 6.07) is 9.36. The molecule has 1 fully saturated rings. The molecule has 1 saturated heterocycles. The van der Waals surface area contributed by atoms with Crippen molar-refractivity contribution >= 4 is 0 Å². The van der Waals surface area contributed by atoms with Gasteiger partial charge in [0, 0.05) is 25.7 Å². The highest BCUT2D eigenvalue weighted by Crippen LogP contribution is 2.09. The van der Waals surface area contributed by atoms with Crippen LogP contribution in [0.4, 0.5) is 0 Å². The quantitative estimate of drug-likeness (QED) is 0.748. The van der Waals surface area contributed by atoms with E-state index in [0.29, 0.717) is 6.04 Å². The normalized spacial score (nSPS) is 16.6. The Kier molecular flexibility index (Phi) is 3.17. The van der Waals surface area contributed by atoms with Gasteiger partial charge >= 0.3 is 0 Å². The zero-order valence-electron chi connectivity index (χ0n) is 8.72. The van der Waals surface area contributed by atoms with Gasteiger partial charge in [-0.15, -0.1) is 0 Å². The smallest absolute Gasteiger partial charge is 0.0320 e. The maximum atomic E-state index is 3.55. The molecule has 0 atom stereocenters. The van der Waals surface area contributed by atoms with Gasteiger partial charge in [-0.25, -0.2) is 0 Å². The van der Waals surface area contributed by atoms with E-state index in [0.717, 1.165) is 26.1 Å². The lowest BCUT2D eigenvalue weighted by Gasteiger charge is -2.28. The topological polar surface area (TPSA) is 24.1 Å². The van der Waals surface area contributed by atoms with Crippen molar-refractivity contribution in [3.63, 3.8) is 0 Å². The fourth-order valence-corrected chi connectivity index (χ4v) is 1.76. The fourth-order valence-electron chi connectivity index (χ4n) is 1.76. The average molecular weight is 190 g/mol. The molecule has 2 heteroatoms. The summed E-state index contributed by atoms with van der Waals surface area (Å²) in [6.45, 7) is 5.46. The Hall–Kier alpha value is -0.860. The van der Waals surface area contributed by atoms with E-state index in [1.807, 2.05) is 0 Å². The third-order valence-electron chi connectivity index (χ3n) is 2.86. The molecule has 1 heterocycles. The van der Waals surface area contributed by atoms with Crippen molar-refractivity contribution in [3.8, 4) is 0 Å². The van der Waals surface area contributed by atoms with Crippen LogP contribution in [0.5, 0.6) is 0 Å². The lowest BCUT2D eigenvalue weighted by atomic mass is 10.0. The first-order chi connectivity index (χ1) is 6.90. The summed E-state index contributed by atoms with van der Waals surface area (Å²) in [4.78, 5) is 0. The molecule has 0 unspecified atom stereocenters. The van der Waals surface area contributed by atoms with E-state index in [1.165, 1.54) is 11.1 Å². The second-order valence-corrected chi connectivity index (χ2v) is 3.86. The van der Waals surface area contributed by atoms with Crippen LogP contribution >= 0.6 is 0 Å². The summed E-state index contributed by atoms with van der Waals surface area (Å²) in [7, 11) is 0. The van der Waals surface area contributed by atoms with Crippen LogP contribution in [0.25, 0.3) is 0 Å².